The van der Waals surface area contributed by atoms with Crippen LogP contribution in [0.1, 0.15) is 5.56 Å². The highest BCUT2D eigenvalue weighted by Gasteiger charge is 2.22. The molecule has 4 rings (SSSR count). The molecule has 0 saturated carbocycles. The van der Waals surface area contributed by atoms with Crippen molar-refractivity contribution in [3.05, 3.63) is 70.3 Å². The maximum absolute atomic E-state index is 11.9. The van der Waals surface area contributed by atoms with Crippen LogP contribution in [0.15, 0.2) is 59.7 Å². The lowest BCUT2D eigenvalue weighted by molar-refractivity contribution is -0.385. The second kappa shape index (κ2) is 7.85. The van der Waals surface area contributed by atoms with Crippen LogP contribution in [-0.4, -0.2) is 30.4 Å². The Balaban J connectivity index is 1.38. The summed E-state index contributed by atoms with van der Waals surface area (Å²) in [5.74, 6) is 0.719. The molecule has 0 aromatic heterocycles. The maximum atomic E-state index is 11.9. The van der Waals surface area contributed by atoms with Crippen LogP contribution >= 0.6 is 0 Å². The molecule has 146 valence electrons. The van der Waals surface area contributed by atoms with Gasteiger partial charge in [-0.15, -0.1) is 0 Å². The van der Waals surface area contributed by atoms with Gasteiger partial charge in [-0.25, -0.2) is 5.43 Å². The molecule has 0 aliphatic carbocycles. The summed E-state index contributed by atoms with van der Waals surface area (Å²) in [7, 11) is 0. The number of carbonyl (C=O) groups excluding carboxylic acids is 1. The van der Waals surface area contributed by atoms with Crippen LogP contribution in [0, 0.1) is 10.1 Å². The summed E-state index contributed by atoms with van der Waals surface area (Å²) < 4.78 is 15.8. The minimum atomic E-state index is -0.562. The molecule has 0 spiro atoms. The predicted octanol–water partition coefficient (Wildman–Crippen LogP) is 3.01. The second-order valence-electron chi connectivity index (χ2n) is 6.11. The highest BCUT2D eigenvalue weighted by Crippen LogP contribution is 2.37. The summed E-state index contributed by atoms with van der Waals surface area (Å²) in [5.41, 5.74) is 2.25. The molecule has 1 amide bonds. The molecular formula is C20H15N3O6. The third-order valence-corrected chi connectivity index (χ3v) is 4.20. The van der Waals surface area contributed by atoms with Gasteiger partial charge >= 0.3 is 0 Å². The predicted molar refractivity (Wildman–Crippen MR) is 104 cm³/mol. The topological polar surface area (TPSA) is 112 Å². The zero-order valence-corrected chi connectivity index (χ0v) is 15.0. The first-order chi connectivity index (χ1) is 14.1. The number of nitro groups is 1. The summed E-state index contributed by atoms with van der Waals surface area (Å²) in [6.07, 6.45) is 1.17. The summed E-state index contributed by atoms with van der Waals surface area (Å²) in [4.78, 5) is 22.6. The van der Waals surface area contributed by atoms with Crippen molar-refractivity contribution in [3.63, 3.8) is 0 Å². The zero-order chi connectivity index (χ0) is 20.2. The number of hydrazone groups is 1. The Morgan fingerprint density at radius 3 is 2.69 bits per heavy atom. The number of carbonyl (C=O) groups is 1. The summed E-state index contributed by atoms with van der Waals surface area (Å²) >= 11 is 0. The van der Waals surface area contributed by atoms with Crippen molar-refractivity contribution in [3.8, 4) is 17.2 Å². The average molecular weight is 393 g/mol. The monoisotopic (exact) mass is 393 g/mol. The molecule has 0 fully saturated rings. The van der Waals surface area contributed by atoms with Gasteiger partial charge in [0.15, 0.2) is 18.1 Å². The number of benzene rings is 3. The van der Waals surface area contributed by atoms with E-state index in [4.69, 9.17) is 14.2 Å². The van der Waals surface area contributed by atoms with Gasteiger partial charge in [-0.2, -0.15) is 5.10 Å². The first kappa shape index (κ1) is 18.2. The number of nitro benzene ring substituents is 1. The molecule has 0 saturated heterocycles. The minimum Gasteiger partial charge on any atom is -0.484 e. The first-order valence-electron chi connectivity index (χ1n) is 8.62. The van der Waals surface area contributed by atoms with Crippen molar-refractivity contribution in [2.45, 2.75) is 0 Å². The summed E-state index contributed by atoms with van der Waals surface area (Å²) in [6.45, 7) is -0.255. The number of fused-ring (bicyclic) bond motifs is 2. The minimum absolute atomic E-state index is 0.00404. The smallest absolute Gasteiger partial charge is 0.282 e. The van der Waals surface area contributed by atoms with Gasteiger partial charge in [0.1, 0.15) is 5.75 Å². The maximum Gasteiger partial charge on any atom is 0.282 e. The molecule has 0 bridgehead atoms. The Morgan fingerprint density at radius 1 is 1.14 bits per heavy atom. The van der Waals surface area contributed by atoms with Crippen molar-refractivity contribution in [2.75, 3.05) is 13.4 Å². The first-order valence-corrected chi connectivity index (χ1v) is 8.62. The van der Waals surface area contributed by atoms with E-state index in [9.17, 15) is 14.9 Å². The Morgan fingerprint density at radius 2 is 1.90 bits per heavy atom. The number of nitrogens with one attached hydrogen (secondary N) is 1. The van der Waals surface area contributed by atoms with E-state index in [0.29, 0.717) is 17.2 Å². The zero-order valence-electron chi connectivity index (χ0n) is 15.0. The molecule has 1 aliphatic rings. The van der Waals surface area contributed by atoms with Gasteiger partial charge in [0, 0.05) is 0 Å². The van der Waals surface area contributed by atoms with E-state index in [1.165, 1.54) is 18.3 Å². The van der Waals surface area contributed by atoms with Gasteiger partial charge < -0.3 is 14.2 Å². The molecule has 3 aromatic rings. The van der Waals surface area contributed by atoms with E-state index in [1.807, 2.05) is 36.4 Å². The normalized spacial score (nSPS) is 12.3. The fourth-order valence-corrected chi connectivity index (χ4v) is 2.82. The molecule has 0 radical (unpaired) electrons. The SMILES string of the molecule is O=C(COc1ccc2ccccc2c1)N/N=C/c1cc2c(cc1[N+](=O)[O-])OCO2. The molecule has 3 aromatic carbocycles. The van der Waals surface area contributed by atoms with E-state index in [-0.39, 0.29) is 24.7 Å². The summed E-state index contributed by atoms with van der Waals surface area (Å²) in [6, 6.07) is 16.0. The molecule has 0 unspecified atom stereocenters. The van der Waals surface area contributed by atoms with Crippen molar-refractivity contribution in [1.29, 1.82) is 0 Å². The van der Waals surface area contributed by atoms with E-state index in [0.717, 1.165) is 10.8 Å². The number of hydrogen-bond acceptors (Lipinski definition) is 7. The molecule has 1 heterocycles. The molecule has 1 N–H and O–H groups in total. The fraction of sp³-hybridized carbons (Fsp3) is 0.100. The van der Waals surface area contributed by atoms with Gasteiger partial charge in [-0.05, 0) is 29.0 Å². The third-order valence-electron chi connectivity index (χ3n) is 4.20. The Bertz CT molecular complexity index is 1130. The number of ether oxygens (including phenoxy) is 3. The number of nitrogens with zero attached hydrogens (tertiary/aromatic N) is 2. The largest absolute Gasteiger partial charge is 0.484 e. The van der Waals surface area contributed by atoms with Crippen LogP contribution in [0.5, 0.6) is 17.2 Å². The number of rotatable bonds is 6. The van der Waals surface area contributed by atoms with Crippen LogP contribution in [0.3, 0.4) is 0 Å². The highest BCUT2D eigenvalue weighted by molar-refractivity contribution is 5.88. The second-order valence-corrected chi connectivity index (χ2v) is 6.11. The molecule has 29 heavy (non-hydrogen) atoms. The van der Waals surface area contributed by atoms with Crippen LogP contribution in [0.25, 0.3) is 10.8 Å². The van der Waals surface area contributed by atoms with Gasteiger partial charge in [-0.3, -0.25) is 14.9 Å². The Hall–Kier alpha value is -4.14. The standard InChI is InChI=1S/C20H15N3O6/c24-20(11-27-16-6-5-13-3-1-2-4-14(13)7-16)22-21-10-15-8-18-19(29-12-28-18)9-17(15)23(25)26/h1-10H,11-12H2,(H,22,24)/b21-10+. The van der Waals surface area contributed by atoms with Crippen LogP contribution < -0.4 is 19.6 Å². The molecular weight excluding hydrogens is 378 g/mol. The lowest BCUT2D eigenvalue weighted by Crippen LogP contribution is -2.24. The van der Waals surface area contributed by atoms with E-state index < -0.39 is 10.8 Å². The van der Waals surface area contributed by atoms with Gasteiger partial charge in [-0.1, -0.05) is 30.3 Å². The average Bonchev–Trinajstić information content (AvgIpc) is 3.19. The van der Waals surface area contributed by atoms with E-state index >= 15 is 0 Å². The van der Waals surface area contributed by atoms with Gasteiger partial charge in [0.05, 0.1) is 22.8 Å². The van der Waals surface area contributed by atoms with Crippen LogP contribution in [0.4, 0.5) is 5.69 Å². The third kappa shape index (κ3) is 4.08. The van der Waals surface area contributed by atoms with Crippen LogP contribution in [0.2, 0.25) is 0 Å². The lowest BCUT2D eigenvalue weighted by Gasteiger charge is -2.06. The van der Waals surface area contributed by atoms with Crippen molar-refractivity contribution in [2.24, 2.45) is 5.10 Å². The summed E-state index contributed by atoms with van der Waals surface area (Å²) in [5, 5.41) is 17.0. The highest BCUT2D eigenvalue weighted by atomic mass is 16.7. The van der Waals surface area contributed by atoms with Crippen molar-refractivity contribution >= 4 is 28.6 Å². The molecule has 0 atom stereocenters. The molecule has 9 nitrogen and oxygen atoms in total. The van der Waals surface area contributed by atoms with Gasteiger partial charge in [0.2, 0.25) is 6.79 Å². The van der Waals surface area contributed by atoms with E-state index in [2.05, 4.69) is 10.5 Å². The number of amides is 1. The van der Waals surface area contributed by atoms with Crippen LogP contribution in [-0.2, 0) is 4.79 Å². The van der Waals surface area contributed by atoms with E-state index in [1.54, 1.807) is 6.07 Å². The quantitative estimate of drug-likeness (QED) is 0.391. The van der Waals surface area contributed by atoms with Crippen molar-refractivity contribution < 1.29 is 23.9 Å². The van der Waals surface area contributed by atoms with Crippen molar-refractivity contribution in [1.82, 2.24) is 5.43 Å². The fourth-order valence-electron chi connectivity index (χ4n) is 2.82. The lowest BCUT2D eigenvalue weighted by atomic mass is 10.1. The van der Waals surface area contributed by atoms with Gasteiger partial charge in [0.25, 0.3) is 11.6 Å². The molecule has 1 aliphatic heterocycles. The Labute approximate surface area is 164 Å². The number of hydrogen-bond donors (Lipinski definition) is 1. The molecule has 9 heteroatoms. The Kier molecular flexibility index (Phi) is 4.93.